The van der Waals surface area contributed by atoms with E-state index in [0.717, 1.165) is 33.3 Å². The molecule has 3 amide bonds. The van der Waals surface area contributed by atoms with Crippen LogP contribution in [0.1, 0.15) is 22.5 Å². The van der Waals surface area contributed by atoms with E-state index in [1.165, 1.54) is 6.07 Å². The van der Waals surface area contributed by atoms with Gasteiger partial charge in [0.15, 0.2) is 0 Å². The minimum Gasteiger partial charge on any atom is -0.497 e. The Kier molecular flexibility index (Phi) is 5.33. The Bertz CT molecular complexity index is 1200. The van der Waals surface area contributed by atoms with E-state index in [-0.39, 0.29) is 17.8 Å². The number of hydrogen-bond acceptors (Lipinski definition) is 3. The van der Waals surface area contributed by atoms with Gasteiger partial charge < -0.3 is 14.6 Å². The number of amides is 3. The number of imide groups is 1. The van der Waals surface area contributed by atoms with Crippen LogP contribution in [0.15, 0.2) is 60.3 Å². The van der Waals surface area contributed by atoms with Crippen LogP contribution in [0.5, 0.6) is 5.75 Å². The van der Waals surface area contributed by atoms with Gasteiger partial charge in [0.25, 0.3) is 5.91 Å². The third-order valence-electron chi connectivity index (χ3n) is 5.35. The summed E-state index contributed by atoms with van der Waals surface area (Å²) in [6.45, 7) is 3.79. The van der Waals surface area contributed by atoms with Crippen LogP contribution in [0.2, 0.25) is 0 Å². The SMILES string of the molecule is COc1ccc(-n2c(C)cc(/C=C3/NC(=O)N(Cc4ccccc4F)C3=O)c2C)cc1. The predicted molar refractivity (Wildman–Crippen MR) is 115 cm³/mol. The summed E-state index contributed by atoms with van der Waals surface area (Å²) in [5.41, 5.74) is 4.12. The van der Waals surface area contributed by atoms with Crippen molar-refractivity contribution in [2.24, 2.45) is 0 Å². The fraction of sp³-hybridized carbons (Fsp3) is 0.167. The molecule has 0 saturated carbocycles. The lowest BCUT2D eigenvalue weighted by Crippen LogP contribution is -2.30. The Morgan fingerprint density at radius 1 is 1.06 bits per heavy atom. The highest BCUT2D eigenvalue weighted by Crippen LogP contribution is 2.25. The van der Waals surface area contributed by atoms with Crippen molar-refractivity contribution in [3.05, 3.63) is 88.6 Å². The van der Waals surface area contributed by atoms with Crippen LogP contribution in [-0.4, -0.2) is 28.5 Å². The highest BCUT2D eigenvalue weighted by Gasteiger charge is 2.34. The van der Waals surface area contributed by atoms with E-state index in [9.17, 15) is 14.0 Å². The number of benzene rings is 2. The number of urea groups is 1. The molecular weight excluding hydrogens is 397 g/mol. The summed E-state index contributed by atoms with van der Waals surface area (Å²) < 4.78 is 21.2. The van der Waals surface area contributed by atoms with E-state index in [1.807, 2.05) is 44.2 Å². The second-order valence-corrected chi connectivity index (χ2v) is 7.33. The average Bonchev–Trinajstić information content (AvgIpc) is 3.19. The molecule has 0 atom stereocenters. The van der Waals surface area contributed by atoms with Crippen molar-refractivity contribution >= 4 is 18.0 Å². The summed E-state index contributed by atoms with van der Waals surface area (Å²) in [6, 6.07) is 15.1. The molecule has 1 aliphatic rings. The second kappa shape index (κ2) is 8.10. The maximum Gasteiger partial charge on any atom is 0.329 e. The molecule has 1 saturated heterocycles. The molecule has 0 unspecified atom stereocenters. The van der Waals surface area contributed by atoms with E-state index in [0.29, 0.717) is 0 Å². The first-order valence-corrected chi connectivity index (χ1v) is 9.80. The van der Waals surface area contributed by atoms with Crippen LogP contribution in [0.25, 0.3) is 11.8 Å². The molecule has 7 heteroatoms. The van der Waals surface area contributed by atoms with E-state index in [2.05, 4.69) is 9.88 Å². The van der Waals surface area contributed by atoms with Gasteiger partial charge in [-0.2, -0.15) is 0 Å². The van der Waals surface area contributed by atoms with Gasteiger partial charge in [0.1, 0.15) is 17.3 Å². The number of nitrogens with one attached hydrogen (secondary N) is 1. The molecule has 6 nitrogen and oxygen atoms in total. The van der Waals surface area contributed by atoms with Crippen LogP contribution in [0.3, 0.4) is 0 Å². The molecule has 31 heavy (non-hydrogen) atoms. The number of carbonyl (C=O) groups is 2. The van der Waals surface area contributed by atoms with Crippen molar-refractivity contribution in [1.82, 2.24) is 14.8 Å². The Labute approximate surface area is 179 Å². The first-order valence-electron chi connectivity index (χ1n) is 9.80. The summed E-state index contributed by atoms with van der Waals surface area (Å²) >= 11 is 0. The third kappa shape index (κ3) is 3.82. The monoisotopic (exact) mass is 419 g/mol. The summed E-state index contributed by atoms with van der Waals surface area (Å²) in [5, 5.41) is 2.60. The van der Waals surface area contributed by atoms with Gasteiger partial charge in [-0.1, -0.05) is 18.2 Å². The number of aryl methyl sites for hydroxylation is 1. The number of carbonyl (C=O) groups excluding carboxylic acids is 2. The predicted octanol–water partition coefficient (Wildman–Crippen LogP) is 4.33. The lowest BCUT2D eigenvalue weighted by molar-refractivity contribution is -0.123. The van der Waals surface area contributed by atoms with E-state index in [4.69, 9.17) is 4.74 Å². The Balaban J connectivity index is 1.62. The normalized spacial score (nSPS) is 15.0. The minimum atomic E-state index is -0.566. The lowest BCUT2D eigenvalue weighted by Gasteiger charge is -2.12. The molecule has 0 radical (unpaired) electrons. The highest BCUT2D eigenvalue weighted by molar-refractivity contribution is 6.14. The number of hydrogen-bond donors (Lipinski definition) is 1. The largest absolute Gasteiger partial charge is 0.497 e. The van der Waals surface area contributed by atoms with Crippen LogP contribution in [-0.2, 0) is 11.3 Å². The topological polar surface area (TPSA) is 63.6 Å². The van der Waals surface area contributed by atoms with Crippen molar-refractivity contribution in [2.45, 2.75) is 20.4 Å². The van der Waals surface area contributed by atoms with Gasteiger partial charge in [0.2, 0.25) is 0 Å². The molecule has 3 aromatic rings. The third-order valence-corrected chi connectivity index (χ3v) is 5.35. The molecule has 0 bridgehead atoms. The fourth-order valence-corrected chi connectivity index (χ4v) is 3.73. The number of ether oxygens (including phenoxy) is 1. The van der Waals surface area contributed by atoms with Crippen molar-refractivity contribution < 1.29 is 18.7 Å². The van der Waals surface area contributed by atoms with Gasteiger partial charge in [-0.05, 0) is 61.9 Å². The van der Waals surface area contributed by atoms with Gasteiger partial charge in [-0.25, -0.2) is 9.18 Å². The van der Waals surface area contributed by atoms with Crippen molar-refractivity contribution in [2.75, 3.05) is 7.11 Å². The molecule has 1 aromatic heterocycles. The number of rotatable bonds is 5. The number of halogens is 1. The van der Waals surface area contributed by atoms with Gasteiger partial charge in [0.05, 0.1) is 13.7 Å². The van der Waals surface area contributed by atoms with Gasteiger partial charge >= 0.3 is 6.03 Å². The molecule has 1 fully saturated rings. The van der Waals surface area contributed by atoms with Crippen LogP contribution in [0, 0.1) is 19.7 Å². The summed E-state index contributed by atoms with van der Waals surface area (Å²) in [5.74, 6) is -0.172. The molecule has 4 rings (SSSR count). The van der Waals surface area contributed by atoms with Crippen molar-refractivity contribution in [3.63, 3.8) is 0 Å². The van der Waals surface area contributed by atoms with E-state index < -0.39 is 17.8 Å². The molecule has 1 N–H and O–H groups in total. The summed E-state index contributed by atoms with van der Waals surface area (Å²) in [7, 11) is 1.62. The maximum absolute atomic E-state index is 14.0. The Morgan fingerprint density at radius 3 is 2.45 bits per heavy atom. The molecule has 2 heterocycles. The van der Waals surface area contributed by atoms with Crippen LogP contribution >= 0.6 is 0 Å². The van der Waals surface area contributed by atoms with Crippen molar-refractivity contribution in [3.8, 4) is 11.4 Å². The molecule has 0 aliphatic carbocycles. The van der Waals surface area contributed by atoms with Crippen LogP contribution < -0.4 is 10.1 Å². The summed E-state index contributed by atoms with van der Waals surface area (Å²) in [6.07, 6.45) is 1.66. The molecule has 0 spiro atoms. The number of methoxy groups -OCH3 is 1. The molecule has 2 aromatic carbocycles. The van der Waals surface area contributed by atoms with Gasteiger partial charge in [-0.15, -0.1) is 0 Å². The van der Waals surface area contributed by atoms with Gasteiger partial charge in [-0.3, -0.25) is 9.69 Å². The number of nitrogens with zero attached hydrogens (tertiary/aromatic N) is 2. The first kappa shape index (κ1) is 20.4. The highest BCUT2D eigenvalue weighted by atomic mass is 19.1. The van der Waals surface area contributed by atoms with E-state index in [1.54, 1.807) is 31.4 Å². The second-order valence-electron chi connectivity index (χ2n) is 7.33. The first-order chi connectivity index (χ1) is 14.9. The quantitative estimate of drug-likeness (QED) is 0.494. The molecule has 1 aliphatic heterocycles. The van der Waals surface area contributed by atoms with E-state index >= 15 is 0 Å². The minimum absolute atomic E-state index is 0.125. The molecular formula is C24H22FN3O3. The standard InChI is InChI=1S/C24H22FN3O3/c1-15-12-18(16(2)28(15)19-8-10-20(31-3)11-9-19)13-22-23(29)27(24(30)26-22)14-17-6-4-5-7-21(17)25/h4-13H,14H2,1-3H3,(H,26,30)/b22-13+. The zero-order valence-corrected chi connectivity index (χ0v) is 17.5. The average molecular weight is 419 g/mol. The van der Waals surface area contributed by atoms with Crippen molar-refractivity contribution in [1.29, 1.82) is 0 Å². The lowest BCUT2D eigenvalue weighted by atomic mass is 10.2. The van der Waals surface area contributed by atoms with Crippen LogP contribution in [0.4, 0.5) is 9.18 Å². The summed E-state index contributed by atoms with van der Waals surface area (Å²) in [4.78, 5) is 26.2. The Morgan fingerprint density at radius 2 is 1.77 bits per heavy atom. The van der Waals surface area contributed by atoms with Gasteiger partial charge in [0, 0.05) is 22.6 Å². The maximum atomic E-state index is 14.0. The zero-order chi connectivity index (χ0) is 22.1. The smallest absolute Gasteiger partial charge is 0.329 e. The number of aromatic nitrogens is 1. The zero-order valence-electron chi connectivity index (χ0n) is 17.5. The molecule has 158 valence electrons. The fourth-order valence-electron chi connectivity index (χ4n) is 3.73. The Hall–Kier alpha value is -3.87.